The van der Waals surface area contributed by atoms with Gasteiger partial charge in [0, 0.05) is 0 Å². The van der Waals surface area contributed by atoms with Gasteiger partial charge in [-0.3, -0.25) is 14.9 Å². The Balaban J connectivity index is 2.45. The molecule has 5 nitrogen and oxygen atoms in total. The molecule has 0 aliphatic heterocycles. The highest BCUT2D eigenvalue weighted by atomic mass is 19.1. The van der Waals surface area contributed by atoms with Crippen LogP contribution in [0.5, 0.6) is 11.5 Å². The first kappa shape index (κ1) is 13.7. The van der Waals surface area contributed by atoms with E-state index >= 15 is 0 Å². The van der Waals surface area contributed by atoms with E-state index in [9.17, 15) is 19.3 Å². The average molecular weight is 275 g/mol. The smallest absolute Gasteiger partial charge is 0.314 e. The van der Waals surface area contributed by atoms with Crippen molar-refractivity contribution in [3.8, 4) is 11.5 Å². The average Bonchev–Trinajstić information content (AvgIpc) is 2.41. The first-order valence-corrected chi connectivity index (χ1v) is 5.71. The third-order valence-electron chi connectivity index (χ3n) is 2.60. The van der Waals surface area contributed by atoms with Crippen LogP contribution in [0, 0.1) is 15.9 Å². The normalized spacial score (nSPS) is 10.1. The summed E-state index contributed by atoms with van der Waals surface area (Å²) in [6.07, 6.45) is 0. The van der Waals surface area contributed by atoms with Gasteiger partial charge in [-0.25, -0.2) is 4.39 Å². The minimum atomic E-state index is -0.741. The minimum absolute atomic E-state index is 0.120. The molecule has 2 rings (SSSR count). The van der Waals surface area contributed by atoms with Gasteiger partial charge >= 0.3 is 5.69 Å². The third-order valence-corrected chi connectivity index (χ3v) is 2.60. The summed E-state index contributed by atoms with van der Waals surface area (Å²) in [6.45, 7) is 1.36. The molecule has 0 radical (unpaired) electrons. The fraction of sp³-hybridized carbons (Fsp3) is 0.0714. The second kappa shape index (κ2) is 5.48. The Kier molecular flexibility index (Phi) is 3.74. The molecular weight excluding hydrogens is 265 g/mol. The van der Waals surface area contributed by atoms with Crippen LogP contribution in [-0.4, -0.2) is 10.7 Å². The van der Waals surface area contributed by atoms with E-state index in [4.69, 9.17) is 4.74 Å². The monoisotopic (exact) mass is 275 g/mol. The van der Waals surface area contributed by atoms with Gasteiger partial charge in [0.25, 0.3) is 0 Å². The second-order valence-corrected chi connectivity index (χ2v) is 4.02. The Morgan fingerprint density at radius 1 is 1.20 bits per heavy atom. The van der Waals surface area contributed by atoms with Crippen molar-refractivity contribution in [1.29, 1.82) is 0 Å². The highest BCUT2D eigenvalue weighted by Crippen LogP contribution is 2.33. The summed E-state index contributed by atoms with van der Waals surface area (Å²) in [4.78, 5) is 21.6. The zero-order valence-corrected chi connectivity index (χ0v) is 10.5. The fourth-order valence-corrected chi connectivity index (χ4v) is 1.68. The van der Waals surface area contributed by atoms with Crippen molar-refractivity contribution in [3.63, 3.8) is 0 Å². The number of ketones is 1. The lowest BCUT2D eigenvalue weighted by Gasteiger charge is -2.09. The molecular formula is C14H10FNO4. The van der Waals surface area contributed by atoms with Crippen molar-refractivity contribution in [1.82, 2.24) is 0 Å². The van der Waals surface area contributed by atoms with Crippen molar-refractivity contribution < 1.29 is 18.8 Å². The van der Waals surface area contributed by atoms with Crippen molar-refractivity contribution >= 4 is 11.5 Å². The molecule has 0 aliphatic carbocycles. The minimum Gasteiger partial charge on any atom is -0.449 e. The van der Waals surface area contributed by atoms with Gasteiger partial charge in [0.15, 0.2) is 5.78 Å². The molecule has 0 atom stereocenters. The predicted octanol–water partition coefficient (Wildman–Crippen LogP) is 3.73. The standard InChI is InChI=1S/C14H10FNO4/c1-9(17)11-4-2-3-5-13(11)20-14-7-6-10(15)8-12(14)16(18)19/h2-8H,1H3. The lowest BCUT2D eigenvalue weighted by molar-refractivity contribution is -0.385. The number of halogens is 1. The summed E-state index contributed by atoms with van der Waals surface area (Å²) in [5.41, 5.74) is -0.200. The summed E-state index contributed by atoms with van der Waals surface area (Å²) < 4.78 is 18.4. The van der Waals surface area contributed by atoms with Crippen LogP contribution in [0.2, 0.25) is 0 Å². The van der Waals surface area contributed by atoms with Gasteiger partial charge in [-0.1, -0.05) is 12.1 Å². The highest BCUT2D eigenvalue weighted by Gasteiger charge is 2.18. The van der Waals surface area contributed by atoms with Gasteiger partial charge in [0.1, 0.15) is 11.6 Å². The molecule has 0 aliphatic rings. The van der Waals surface area contributed by atoms with Gasteiger partial charge in [-0.2, -0.15) is 0 Å². The highest BCUT2D eigenvalue weighted by molar-refractivity contribution is 5.96. The van der Waals surface area contributed by atoms with Crippen LogP contribution < -0.4 is 4.74 Å². The molecule has 2 aromatic rings. The van der Waals surface area contributed by atoms with Gasteiger partial charge in [-0.15, -0.1) is 0 Å². The van der Waals surface area contributed by atoms with Crippen molar-refractivity contribution in [2.24, 2.45) is 0 Å². The quantitative estimate of drug-likeness (QED) is 0.484. The molecule has 0 spiro atoms. The number of hydrogen-bond acceptors (Lipinski definition) is 4. The molecule has 0 heterocycles. The Labute approximate surface area is 113 Å². The number of Topliss-reactive ketones (excluding diaryl/α,β-unsaturated/α-hetero) is 1. The molecule has 0 saturated heterocycles. The molecule has 2 aromatic carbocycles. The van der Waals surface area contributed by atoms with Gasteiger partial charge in [0.05, 0.1) is 16.6 Å². The molecule has 102 valence electrons. The maximum atomic E-state index is 13.0. The Hall–Kier alpha value is -2.76. The predicted molar refractivity (Wildman–Crippen MR) is 69.6 cm³/mol. The van der Waals surface area contributed by atoms with E-state index < -0.39 is 16.4 Å². The third kappa shape index (κ3) is 2.80. The molecule has 0 bridgehead atoms. The summed E-state index contributed by atoms with van der Waals surface area (Å²) in [5, 5.41) is 10.9. The summed E-state index contributed by atoms with van der Waals surface area (Å²) in [7, 11) is 0. The number of nitro benzene ring substituents is 1. The van der Waals surface area contributed by atoms with Crippen LogP contribution in [0.4, 0.5) is 10.1 Å². The number of carbonyl (C=O) groups is 1. The first-order chi connectivity index (χ1) is 9.49. The zero-order valence-electron chi connectivity index (χ0n) is 10.5. The van der Waals surface area contributed by atoms with Crippen LogP contribution in [0.1, 0.15) is 17.3 Å². The van der Waals surface area contributed by atoms with Gasteiger partial charge in [0.2, 0.25) is 5.75 Å². The second-order valence-electron chi connectivity index (χ2n) is 4.02. The zero-order chi connectivity index (χ0) is 14.7. The van der Waals surface area contributed by atoms with Crippen molar-refractivity contribution in [2.75, 3.05) is 0 Å². The number of ether oxygens (including phenoxy) is 1. The lowest BCUT2D eigenvalue weighted by atomic mass is 10.1. The molecule has 20 heavy (non-hydrogen) atoms. The van der Waals surface area contributed by atoms with Crippen molar-refractivity contribution in [3.05, 3.63) is 64.0 Å². The van der Waals surface area contributed by atoms with E-state index in [2.05, 4.69) is 0 Å². The number of benzene rings is 2. The van der Waals surface area contributed by atoms with Gasteiger partial charge < -0.3 is 4.74 Å². The number of carbonyl (C=O) groups excluding carboxylic acids is 1. The largest absolute Gasteiger partial charge is 0.449 e. The van der Waals surface area contributed by atoms with Gasteiger partial charge in [-0.05, 0) is 31.2 Å². The van der Waals surface area contributed by atoms with Crippen molar-refractivity contribution in [2.45, 2.75) is 6.92 Å². The van der Waals surface area contributed by atoms with E-state index in [1.165, 1.54) is 13.0 Å². The van der Waals surface area contributed by atoms with E-state index in [0.717, 1.165) is 18.2 Å². The van der Waals surface area contributed by atoms with Crippen LogP contribution in [-0.2, 0) is 0 Å². The molecule has 0 N–H and O–H groups in total. The van der Waals surface area contributed by atoms with E-state index in [0.29, 0.717) is 5.56 Å². The van der Waals surface area contributed by atoms with Crippen LogP contribution in [0.25, 0.3) is 0 Å². The topological polar surface area (TPSA) is 69.4 Å². The molecule has 0 saturated carbocycles. The number of hydrogen-bond donors (Lipinski definition) is 0. The molecule has 0 aromatic heterocycles. The molecule has 6 heteroatoms. The number of rotatable bonds is 4. The van der Waals surface area contributed by atoms with E-state index in [1.54, 1.807) is 18.2 Å². The lowest BCUT2D eigenvalue weighted by Crippen LogP contribution is -1.99. The van der Waals surface area contributed by atoms with Crippen LogP contribution in [0.15, 0.2) is 42.5 Å². The molecule has 0 fully saturated rings. The maximum absolute atomic E-state index is 13.0. The Bertz CT molecular complexity index is 685. The van der Waals surface area contributed by atoms with Crippen LogP contribution in [0.3, 0.4) is 0 Å². The summed E-state index contributed by atoms with van der Waals surface area (Å²) >= 11 is 0. The van der Waals surface area contributed by atoms with E-state index in [1.807, 2.05) is 0 Å². The first-order valence-electron chi connectivity index (χ1n) is 5.71. The summed E-state index contributed by atoms with van der Waals surface area (Å²) in [5.74, 6) is -0.894. The van der Waals surface area contributed by atoms with Crippen LogP contribution >= 0.6 is 0 Å². The Morgan fingerprint density at radius 2 is 1.90 bits per heavy atom. The maximum Gasteiger partial charge on any atom is 0.314 e. The van der Waals surface area contributed by atoms with E-state index in [-0.39, 0.29) is 17.3 Å². The summed E-state index contributed by atoms with van der Waals surface area (Å²) in [6, 6.07) is 9.34. The Morgan fingerprint density at radius 3 is 2.55 bits per heavy atom. The molecule has 0 amide bonds. The SMILES string of the molecule is CC(=O)c1ccccc1Oc1ccc(F)cc1[N+](=O)[O-]. The molecule has 0 unspecified atom stereocenters. The number of nitro groups is 1. The fourth-order valence-electron chi connectivity index (χ4n) is 1.68. The number of para-hydroxylation sites is 1. The number of nitrogens with zero attached hydrogens (tertiary/aromatic N) is 1.